The molecule has 0 saturated carbocycles. The molecule has 0 aliphatic carbocycles. The lowest BCUT2D eigenvalue weighted by atomic mass is 10.2. The molecule has 0 spiro atoms. The molecule has 0 fully saturated rings. The third-order valence-electron chi connectivity index (χ3n) is 3.22. The first-order valence-corrected chi connectivity index (χ1v) is 7.22. The van der Waals surface area contributed by atoms with Crippen molar-refractivity contribution >= 4 is 17.6 Å². The molecule has 0 aliphatic rings. The van der Waals surface area contributed by atoms with Gasteiger partial charge in [0.15, 0.2) is 0 Å². The number of aromatic amines is 1. The van der Waals surface area contributed by atoms with Gasteiger partial charge in [-0.05, 0) is 26.3 Å². The molecule has 0 radical (unpaired) electrons. The van der Waals surface area contributed by atoms with E-state index in [1.165, 1.54) is 6.92 Å². The molecule has 10 heteroatoms. The summed E-state index contributed by atoms with van der Waals surface area (Å²) in [4.78, 5) is 36.9. The van der Waals surface area contributed by atoms with Gasteiger partial charge in [-0.3, -0.25) is 9.59 Å². The number of anilines is 1. The van der Waals surface area contributed by atoms with Crippen LogP contribution in [0.2, 0.25) is 0 Å². The Morgan fingerprint density at radius 3 is 2.42 bits per heavy atom. The van der Waals surface area contributed by atoms with Crippen molar-refractivity contribution in [1.29, 1.82) is 0 Å². The first-order valence-electron chi connectivity index (χ1n) is 7.22. The van der Waals surface area contributed by atoms with Gasteiger partial charge in [0.25, 0.3) is 5.56 Å². The average molecular weight is 348 g/mol. The SMILES string of the molecule is CC[C@@H](C)NC(=O)[C@@H](C)NC(=O)Nc1cc(C(F)(F)F)c[nH]c1=O. The highest BCUT2D eigenvalue weighted by molar-refractivity contribution is 5.93. The standard InChI is InChI=1S/C14H19F3N4O3/c1-4-7(2)19-11(22)8(3)20-13(24)21-10-5-9(14(15,16)17)6-18-12(10)23/h5-8H,4H2,1-3H3,(H,18,23)(H,19,22)(H2,20,21,24)/t7-,8-/m1/s1. The van der Waals surface area contributed by atoms with Crippen LogP contribution in [0.5, 0.6) is 0 Å². The second-order valence-corrected chi connectivity index (χ2v) is 5.27. The molecular formula is C14H19F3N4O3. The summed E-state index contributed by atoms with van der Waals surface area (Å²) in [5, 5.41) is 6.89. The van der Waals surface area contributed by atoms with Crippen molar-refractivity contribution in [1.82, 2.24) is 15.6 Å². The lowest BCUT2D eigenvalue weighted by Gasteiger charge is -2.17. The quantitative estimate of drug-likeness (QED) is 0.652. The largest absolute Gasteiger partial charge is 0.417 e. The molecule has 0 unspecified atom stereocenters. The van der Waals surface area contributed by atoms with Crippen LogP contribution >= 0.6 is 0 Å². The maximum atomic E-state index is 12.6. The number of rotatable bonds is 5. The number of nitrogens with one attached hydrogen (secondary N) is 4. The summed E-state index contributed by atoms with van der Waals surface area (Å²) in [5.74, 6) is -0.447. The van der Waals surface area contributed by atoms with Crippen LogP contribution in [0.1, 0.15) is 32.8 Å². The minimum atomic E-state index is -4.67. The lowest BCUT2D eigenvalue weighted by molar-refractivity contribution is -0.137. The summed E-state index contributed by atoms with van der Waals surface area (Å²) >= 11 is 0. The number of carbonyl (C=O) groups excluding carboxylic acids is 2. The van der Waals surface area contributed by atoms with Gasteiger partial charge in [-0.2, -0.15) is 13.2 Å². The van der Waals surface area contributed by atoms with E-state index >= 15 is 0 Å². The molecule has 1 aromatic heterocycles. The second kappa shape index (κ2) is 7.84. The van der Waals surface area contributed by atoms with Crippen LogP contribution in [0.3, 0.4) is 0 Å². The average Bonchev–Trinajstić information content (AvgIpc) is 2.47. The number of hydrogen-bond donors (Lipinski definition) is 4. The van der Waals surface area contributed by atoms with E-state index in [4.69, 9.17) is 0 Å². The number of amides is 3. The number of halogens is 3. The Hall–Kier alpha value is -2.52. The molecule has 2 atom stereocenters. The smallest absolute Gasteiger partial charge is 0.352 e. The fourth-order valence-electron chi connectivity index (χ4n) is 1.63. The fraction of sp³-hybridized carbons (Fsp3) is 0.500. The molecule has 1 heterocycles. The Morgan fingerprint density at radius 2 is 1.88 bits per heavy atom. The van der Waals surface area contributed by atoms with E-state index < -0.39 is 41.0 Å². The summed E-state index contributed by atoms with van der Waals surface area (Å²) in [5.41, 5.74) is -2.58. The Kier molecular flexibility index (Phi) is 6.38. The van der Waals surface area contributed by atoms with Crippen molar-refractivity contribution in [2.75, 3.05) is 5.32 Å². The van der Waals surface area contributed by atoms with Gasteiger partial charge in [0.1, 0.15) is 11.7 Å². The Balaban J connectivity index is 2.75. The highest BCUT2D eigenvalue weighted by atomic mass is 19.4. The van der Waals surface area contributed by atoms with Gasteiger partial charge < -0.3 is 20.9 Å². The molecule has 7 nitrogen and oxygen atoms in total. The number of urea groups is 1. The van der Waals surface area contributed by atoms with Gasteiger partial charge in [0.2, 0.25) is 5.91 Å². The summed E-state index contributed by atoms with van der Waals surface area (Å²) < 4.78 is 37.8. The minimum absolute atomic E-state index is 0.0869. The zero-order chi connectivity index (χ0) is 18.5. The van der Waals surface area contributed by atoms with Crippen LogP contribution in [0.25, 0.3) is 0 Å². The first-order chi connectivity index (χ1) is 11.0. The second-order valence-electron chi connectivity index (χ2n) is 5.27. The van der Waals surface area contributed by atoms with Crippen molar-refractivity contribution in [3.8, 4) is 0 Å². The molecular weight excluding hydrogens is 329 g/mol. The molecule has 1 aromatic rings. The molecule has 24 heavy (non-hydrogen) atoms. The number of pyridine rings is 1. The summed E-state index contributed by atoms with van der Waals surface area (Å²) in [6.07, 6.45) is -3.46. The molecule has 0 saturated heterocycles. The lowest BCUT2D eigenvalue weighted by Crippen LogP contribution is -2.48. The predicted octanol–water partition coefficient (Wildman–Crippen LogP) is 1.82. The Bertz CT molecular complexity index is 657. The van der Waals surface area contributed by atoms with Crippen LogP contribution in [0.15, 0.2) is 17.1 Å². The van der Waals surface area contributed by atoms with E-state index in [-0.39, 0.29) is 6.04 Å². The topological polar surface area (TPSA) is 103 Å². The third kappa shape index (κ3) is 5.60. The van der Waals surface area contributed by atoms with Crippen molar-refractivity contribution in [3.63, 3.8) is 0 Å². The minimum Gasteiger partial charge on any atom is -0.352 e. The zero-order valence-electron chi connectivity index (χ0n) is 13.4. The zero-order valence-corrected chi connectivity index (χ0v) is 13.4. The molecule has 0 aliphatic heterocycles. The van der Waals surface area contributed by atoms with E-state index in [1.807, 2.05) is 17.2 Å². The van der Waals surface area contributed by atoms with Crippen LogP contribution in [-0.4, -0.2) is 29.0 Å². The van der Waals surface area contributed by atoms with E-state index in [9.17, 15) is 27.6 Å². The summed E-state index contributed by atoms with van der Waals surface area (Å²) in [7, 11) is 0. The maximum Gasteiger partial charge on any atom is 0.417 e. The fourth-order valence-corrected chi connectivity index (χ4v) is 1.63. The molecule has 4 N–H and O–H groups in total. The van der Waals surface area contributed by atoms with E-state index in [0.717, 1.165) is 0 Å². The number of aromatic nitrogens is 1. The first kappa shape index (κ1) is 19.5. The normalized spacial score (nSPS) is 13.8. The molecule has 134 valence electrons. The van der Waals surface area contributed by atoms with Gasteiger partial charge in [-0.1, -0.05) is 6.92 Å². The number of alkyl halides is 3. The number of carbonyl (C=O) groups is 2. The maximum absolute atomic E-state index is 12.6. The Labute approximate surface area is 136 Å². The Morgan fingerprint density at radius 1 is 1.25 bits per heavy atom. The molecule has 0 bridgehead atoms. The van der Waals surface area contributed by atoms with Crippen molar-refractivity contribution < 1.29 is 22.8 Å². The van der Waals surface area contributed by atoms with Gasteiger partial charge in [0.05, 0.1) is 5.56 Å². The van der Waals surface area contributed by atoms with Crippen LogP contribution in [-0.2, 0) is 11.0 Å². The van der Waals surface area contributed by atoms with Gasteiger partial charge in [-0.25, -0.2) is 4.79 Å². The van der Waals surface area contributed by atoms with Gasteiger partial charge in [0, 0.05) is 12.2 Å². The predicted molar refractivity (Wildman–Crippen MR) is 81.6 cm³/mol. The summed E-state index contributed by atoms with van der Waals surface area (Å²) in [6.45, 7) is 5.07. The highest BCUT2D eigenvalue weighted by Gasteiger charge is 2.31. The monoisotopic (exact) mass is 348 g/mol. The highest BCUT2D eigenvalue weighted by Crippen LogP contribution is 2.29. The molecule has 3 amide bonds. The van der Waals surface area contributed by atoms with E-state index in [0.29, 0.717) is 18.7 Å². The van der Waals surface area contributed by atoms with Gasteiger partial charge >= 0.3 is 12.2 Å². The van der Waals surface area contributed by atoms with E-state index in [2.05, 4.69) is 10.6 Å². The van der Waals surface area contributed by atoms with Crippen molar-refractivity contribution in [2.45, 2.75) is 45.5 Å². The summed E-state index contributed by atoms with van der Waals surface area (Å²) in [6, 6.07) is -1.46. The number of hydrogen-bond acceptors (Lipinski definition) is 3. The number of H-pyrrole nitrogens is 1. The third-order valence-corrected chi connectivity index (χ3v) is 3.22. The van der Waals surface area contributed by atoms with E-state index in [1.54, 1.807) is 6.92 Å². The van der Waals surface area contributed by atoms with Crippen molar-refractivity contribution in [2.24, 2.45) is 0 Å². The van der Waals surface area contributed by atoms with Crippen LogP contribution in [0, 0.1) is 0 Å². The van der Waals surface area contributed by atoms with Gasteiger partial charge in [-0.15, -0.1) is 0 Å². The van der Waals surface area contributed by atoms with Crippen molar-refractivity contribution in [3.05, 3.63) is 28.2 Å². The molecule has 1 rings (SSSR count). The van der Waals surface area contributed by atoms with Crippen LogP contribution in [0.4, 0.5) is 23.7 Å². The van der Waals surface area contributed by atoms with Crippen LogP contribution < -0.4 is 21.5 Å². The molecule has 0 aromatic carbocycles.